The van der Waals surface area contributed by atoms with Crippen molar-refractivity contribution >= 4 is 39.3 Å². The summed E-state index contributed by atoms with van der Waals surface area (Å²) in [7, 11) is -1.64. The van der Waals surface area contributed by atoms with Crippen LogP contribution in [0.1, 0.15) is 25.8 Å². The largest absolute Gasteiger partial charge is 0.354 e. The molecule has 0 saturated carbocycles. The molecule has 8 nitrogen and oxygen atoms in total. The van der Waals surface area contributed by atoms with Gasteiger partial charge in [0.15, 0.2) is 0 Å². The Morgan fingerprint density at radius 3 is 2.26 bits per heavy atom. The van der Waals surface area contributed by atoms with Gasteiger partial charge in [-0.05, 0) is 43.2 Å². The molecule has 0 aliphatic heterocycles. The Morgan fingerprint density at radius 2 is 1.71 bits per heavy atom. The van der Waals surface area contributed by atoms with Gasteiger partial charge in [-0.3, -0.25) is 9.59 Å². The summed E-state index contributed by atoms with van der Waals surface area (Å²) in [6, 6.07) is 11.1. The molecule has 0 bridgehead atoms. The molecule has 2 aromatic carbocycles. The minimum absolute atomic E-state index is 0.0316. The zero-order valence-corrected chi connectivity index (χ0v) is 21.2. The zero-order chi connectivity index (χ0) is 25.5. The van der Waals surface area contributed by atoms with Gasteiger partial charge in [-0.1, -0.05) is 42.8 Å². The van der Waals surface area contributed by atoms with Crippen molar-refractivity contribution in [1.82, 2.24) is 14.5 Å². The van der Waals surface area contributed by atoms with Gasteiger partial charge < -0.3 is 10.2 Å². The summed E-state index contributed by atoms with van der Waals surface area (Å²) in [4.78, 5) is 27.4. The maximum absolute atomic E-state index is 14.6. The normalized spacial score (nSPS) is 12.3. The molecule has 2 rings (SSSR count). The second-order valence-electron chi connectivity index (χ2n) is 7.86. The van der Waals surface area contributed by atoms with Crippen molar-refractivity contribution < 1.29 is 22.4 Å². The van der Waals surface area contributed by atoms with Crippen LogP contribution < -0.4 is 9.62 Å². The van der Waals surface area contributed by atoms with Crippen LogP contribution >= 0.6 is 11.6 Å². The fraction of sp³-hybridized carbons (Fsp3) is 0.391. The Balaban J connectivity index is 2.44. The number of nitrogens with one attached hydrogen (secondary N) is 1. The monoisotopic (exact) mass is 512 g/mol. The number of rotatable bonds is 11. The molecule has 0 aliphatic carbocycles. The molecule has 0 aliphatic rings. The first-order valence-corrected chi connectivity index (χ1v) is 12.5. The summed E-state index contributed by atoms with van der Waals surface area (Å²) in [5, 5.41) is 3.26. The number of hydrogen-bond donors (Lipinski definition) is 1. The summed E-state index contributed by atoms with van der Waals surface area (Å²) in [5.41, 5.74) is 0.430. The van der Waals surface area contributed by atoms with Crippen LogP contribution in [0.5, 0.6) is 0 Å². The van der Waals surface area contributed by atoms with Gasteiger partial charge in [-0.15, -0.1) is 0 Å². The van der Waals surface area contributed by atoms with E-state index >= 15 is 0 Å². The predicted octanol–water partition coefficient (Wildman–Crippen LogP) is 3.04. The second kappa shape index (κ2) is 12.1. The van der Waals surface area contributed by atoms with Gasteiger partial charge in [0.2, 0.25) is 11.8 Å². The Kier molecular flexibility index (Phi) is 9.84. The highest BCUT2D eigenvalue weighted by atomic mass is 35.5. The number of hydrogen-bond acceptors (Lipinski definition) is 4. The third-order valence-electron chi connectivity index (χ3n) is 5.12. The molecular weight excluding hydrogens is 483 g/mol. The van der Waals surface area contributed by atoms with E-state index in [1.165, 1.54) is 37.2 Å². The molecule has 0 saturated heterocycles. The van der Waals surface area contributed by atoms with Crippen molar-refractivity contribution in [2.24, 2.45) is 0 Å². The lowest BCUT2D eigenvalue weighted by Gasteiger charge is -2.33. The lowest BCUT2D eigenvalue weighted by Crippen LogP contribution is -2.52. The van der Waals surface area contributed by atoms with E-state index in [2.05, 4.69) is 5.32 Å². The minimum atomic E-state index is -4.22. The first-order chi connectivity index (χ1) is 16.0. The van der Waals surface area contributed by atoms with E-state index in [0.717, 1.165) is 10.4 Å². The predicted molar refractivity (Wildman–Crippen MR) is 131 cm³/mol. The molecule has 34 heavy (non-hydrogen) atoms. The summed E-state index contributed by atoms with van der Waals surface area (Å²) >= 11 is 5.95. The number of para-hydroxylation sites is 1. The van der Waals surface area contributed by atoms with Crippen LogP contribution in [0.4, 0.5) is 10.1 Å². The average molecular weight is 513 g/mol. The fourth-order valence-corrected chi connectivity index (χ4v) is 4.31. The van der Waals surface area contributed by atoms with E-state index in [-0.39, 0.29) is 18.1 Å². The molecule has 0 radical (unpaired) electrons. The number of halogens is 2. The van der Waals surface area contributed by atoms with Crippen molar-refractivity contribution in [1.29, 1.82) is 0 Å². The van der Waals surface area contributed by atoms with Crippen molar-refractivity contribution in [2.45, 2.75) is 32.9 Å². The van der Waals surface area contributed by atoms with Gasteiger partial charge >= 0.3 is 10.2 Å². The van der Waals surface area contributed by atoms with Crippen LogP contribution in [0.15, 0.2) is 48.5 Å². The van der Waals surface area contributed by atoms with Crippen LogP contribution in [0.25, 0.3) is 0 Å². The lowest BCUT2D eigenvalue weighted by atomic mass is 10.1. The zero-order valence-electron chi connectivity index (χ0n) is 19.7. The number of benzene rings is 2. The van der Waals surface area contributed by atoms with Gasteiger partial charge in [-0.25, -0.2) is 8.70 Å². The first-order valence-electron chi connectivity index (χ1n) is 10.7. The highest BCUT2D eigenvalue weighted by Crippen LogP contribution is 2.24. The molecule has 0 fully saturated rings. The number of nitrogens with zero attached hydrogens (tertiary/aromatic N) is 3. The van der Waals surface area contributed by atoms with E-state index in [4.69, 9.17) is 11.6 Å². The first kappa shape index (κ1) is 27.6. The summed E-state index contributed by atoms with van der Waals surface area (Å²) in [5.74, 6) is -1.83. The Bertz CT molecular complexity index is 1100. The molecule has 0 aromatic heterocycles. The average Bonchev–Trinajstić information content (AvgIpc) is 2.80. The molecule has 0 spiro atoms. The maximum atomic E-state index is 14.6. The quantitative estimate of drug-likeness (QED) is 0.501. The van der Waals surface area contributed by atoms with Gasteiger partial charge in [0, 0.05) is 32.2 Å². The standard InChI is InChI=1S/C23H30ClFN4O4S/c1-5-14-26-23(31)17(2)28(15-18-10-12-19(24)13-11-18)22(30)16-29(34(32,33)27(3)4)21-9-7-6-8-20(21)25/h6-13,17H,5,14-16H2,1-4H3,(H,26,31). The molecule has 2 amide bonds. The number of carbonyl (C=O) groups excluding carboxylic acids is 2. The van der Waals surface area contributed by atoms with Crippen LogP contribution in [0.2, 0.25) is 5.02 Å². The minimum Gasteiger partial charge on any atom is -0.354 e. The van der Waals surface area contributed by atoms with Crippen molar-refractivity contribution in [2.75, 3.05) is 31.5 Å². The molecule has 1 unspecified atom stereocenters. The van der Waals surface area contributed by atoms with Gasteiger partial charge in [0.25, 0.3) is 0 Å². The molecular formula is C23H30ClFN4O4S. The maximum Gasteiger partial charge on any atom is 0.304 e. The molecule has 1 atom stereocenters. The highest BCUT2D eigenvalue weighted by molar-refractivity contribution is 7.90. The number of anilines is 1. The van der Waals surface area contributed by atoms with E-state index in [0.29, 0.717) is 27.9 Å². The lowest BCUT2D eigenvalue weighted by molar-refractivity contribution is -0.139. The highest BCUT2D eigenvalue weighted by Gasteiger charge is 2.33. The van der Waals surface area contributed by atoms with E-state index in [9.17, 15) is 22.4 Å². The number of amides is 2. The smallest absolute Gasteiger partial charge is 0.304 e. The second-order valence-corrected chi connectivity index (χ2v) is 10.4. The topological polar surface area (TPSA) is 90.0 Å². The van der Waals surface area contributed by atoms with Crippen molar-refractivity contribution in [3.05, 3.63) is 64.9 Å². The molecule has 1 N–H and O–H groups in total. The van der Waals surface area contributed by atoms with Gasteiger partial charge in [0.05, 0.1) is 5.69 Å². The molecule has 0 heterocycles. The molecule has 2 aromatic rings. The van der Waals surface area contributed by atoms with E-state index in [1.807, 2.05) is 6.92 Å². The van der Waals surface area contributed by atoms with Crippen LogP contribution in [0, 0.1) is 5.82 Å². The van der Waals surface area contributed by atoms with Gasteiger partial charge in [-0.2, -0.15) is 12.7 Å². The van der Waals surface area contributed by atoms with Crippen LogP contribution in [0.3, 0.4) is 0 Å². The molecule has 186 valence electrons. The summed E-state index contributed by atoms with van der Waals surface area (Å²) in [6.45, 7) is 3.24. The van der Waals surface area contributed by atoms with E-state index in [1.54, 1.807) is 31.2 Å². The Hall–Kier alpha value is -2.69. The van der Waals surface area contributed by atoms with Crippen molar-refractivity contribution in [3.8, 4) is 0 Å². The van der Waals surface area contributed by atoms with Crippen LogP contribution in [-0.4, -0.2) is 62.7 Å². The third-order valence-corrected chi connectivity index (χ3v) is 7.18. The SMILES string of the molecule is CCCNC(=O)C(C)N(Cc1ccc(Cl)cc1)C(=O)CN(c1ccccc1F)S(=O)(=O)N(C)C. The van der Waals surface area contributed by atoms with E-state index < -0.39 is 34.5 Å². The Labute approximate surface area is 205 Å². The third kappa shape index (κ3) is 6.91. The van der Waals surface area contributed by atoms with Crippen LogP contribution in [-0.2, 0) is 26.3 Å². The summed E-state index contributed by atoms with van der Waals surface area (Å²) in [6.07, 6.45) is 0.714. The van der Waals surface area contributed by atoms with Gasteiger partial charge in [0.1, 0.15) is 18.4 Å². The van der Waals surface area contributed by atoms with Crippen molar-refractivity contribution in [3.63, 3.8) is 0 Å². The number of carbonyl (C=O) groups is 2. The summed E-state index contributed by atoms with van der Waals surface area (Å²) < 4.78 is 42.2. The fourth-order valence-electron chi connectivity index (χ4n) is 3.12. The molecule has 11 heteroatoms. The Morgan fingerprint density at radius 1 is 1.09 bits per heavy atom.